The van der Waals surface area contributed by atoms with Crippen molar-refractivity contribution < 1.29 is 32.3 Å². The van der Waals surface area contributed by atoms with E-state index in [-0.39, 0.29) is 18.4 Å². The number of hydrogen-bond acceptors (Lipinski definition) is 4. The summed E-state index contributed by atoms with van der Waals surface area (Å²) in [4.78, 5) is 20.0. The molecule has 1 aromatic rings. The summed E-state index contributed by atoms with van der Waals surface area (Å²) in [6.45, 7) is 4.40. The van der Waals surface area contributed by atoms with Gasteiger partial charge in [-0.2, -0.15) is 13.2 Å². The number of fused-ring (bicyclic) bond motifs is 1. The van der Waals surface area contributed by atoms with Crippen LogP contribution in [0.1, 0.15) is 49.4 Å². The largest absolute Gasteiger partial charge is 0.422 e. The quantitative estimate of drug-likeness (QED) is 0.726. The maximum atomic E-state index is 13.3. The minimum absolute atomic E-state index is 0.0522. The van der Waals surface area contributed by atoms with E-state index in [9.17, 15) is 18.0 Å². The second-order valence-corrected chi connectivity index (χ2v) is 9.04. The fourth-order valence-electron chi connectivity index (χ4n) is 5.14. The number of pyridine rings is 1. The highest BCUT2D eigenvalue weighted by Crippen LogP contribution is 2.33. The lowest BCUT2D eigenvalue weighted by atomic mass is 9.96. The second-order valence-electron chi connectivity index (χ2n) is 9.04. The highest BCUT2D eigenvalue weighted by Gasteiger charge is 2.40. The third kappa shape index (κ3) is 4.82. The second kappa shape index (κ2) is 8.94. The van der Waals surface area contributed by atoms with E-state index in [0.717, 1.165) is 51.2 Å². The molecule has 0 aromatic carbocycles. The number of ether oxygens (including phenoxy) is 1. The number of nitrogens with zero attached hydrogens (tertiary/aromatic N) is 2. The van der Waals surface area contributed by atoms with Crippen molar-refractivity contribution in [2.75, 3.05) is 26.9 Å². The van der Waals surface area contributed by atoms with Crippen molar-refractivity contribution in [1.82, 2.24) is 10.2 Å². The Labute approximate surface area is 180 Å². The topological polar surface area (TPSA) is 54.7 Å². The van der Waals surface area contributed by atoms with Crippen LogP contribution < -0.4 is 14.9 Å². The Morgan fingerprint density at radius 2 is 2.13 bits per heavy atom. The summed E-state index contributed by atoms with van der Waals surface area (Å²) in [5.74, 6) is 0.434. The molecule has 3 aliphatic rings. The third-order valence-corrected chi connectivity index (χ3v) is 6.91. The summed E-state index contributed by atoms with van der Waals surface area (Å²) in [6, 6.07) is 1.87. The van der Waals surface area contributed by atoms with E-state index in [1.807, 2.05) is 0 Å². The molecule has 31 heavy (non-hydrogen) atoms. The summed E-state index contributed by atoms with van der Waals surface area (Å²) in [5.41, 5.74) is 0.428. The first-order valence-corrected chi connectivity index (χ1v) is 11.1. The van der Waals surface area contributed by atoms with Gasteiger partial charge < -0.3 is 15.0 Å². The fraction of sp³-hybridized carbons (Fsp3) is 0.727. The Morgan fingerprint density at radius 1 is 1.32 bits per heavy atom. The van der Waals surface area contributed by atoms with Gasteiger partial charge in [0.25, 0.3) is 0 Å². The Balaban J connectivity index is 1.41. The lowest BCUT2D eigenvalue weighted by molar-refractivity contribution is -0.891. The predicted molar refractivity (Wildman–Crippen MR) is 106 cm³/mol. The van der Waals surface area contributed by atoms with E-state index in [1.54, 1.807) is 4.90 Å². The van der Waals surface area contributed by atoms with Crippen LogP contribution in [0.15, 0.2) is 12.3 Å². The van der Waals surface area contributed by atoms with E-state index in [1.165, 1.54) is 11.8 Å². The van der Waals surface area contributed by atoms with E-state index in [0.29, 0.717) is 42.2 Å². The van der Waals surface area contributed by atoms with Crippen LogP contribution in [-0.2, 0) is 28.7 Å². The molecule has 1 amide bonds. The average molecular weight is 443 g/mol. The molecule has 1 saturated heterocycles. The number of alkyl halides is 3. The molecular weight excluding hydrogens is 411 g/mol. The first kappa shape index (κ1) is 22.3. The standard InChI is InChI=1S/C22H31F3N3O3/c1-14-13-31-8-6-19(14)26-18-4-3-15(10-18)21(29)27-7-5-20-16(11-27)9-17(22(23,24)25)12-28(20)30-2/h9,12,14-15,18-19,26H,3-8,10-11,13H2,1-2H3/q+1/t14?,15-,18+,19?/m0/s1. The molecular formula is C22H31F3N3O3+. The van der Waals surface area contributed by atoms with Gasteiger partial charge in [0, 0.05) is 41.4 Å². The van der Waals surface area contributed by atoms with E-state index >= 15 is 0 Å². The van der Waals surface area contributed by atoms with Gasteiger partial charge in [0.2, 0.25) is 17.8 Å². The van der Waals surface area contributed by atoms with Crippen LogP contribution in [-0.4, -0.2) is 49.8 Å². The van der Waals surface area contributed by atoms with Gasteiger partial charge in [-0.3, -0.25) is 9.63 Å². The molecule has 1 aromatic heterocycles. The lowest BCUT2D eigenvalue weighted by Crippen LogP contribution is -2.50. The molecule has 1 N–H and O–H groups in total. The van der Waals surface area contributed by atoms with Gasteiger partial charge in [0.15, 0.2) is 0 Å². The smallest absolute Gasteiger partial charge is 0.381 e. The fourth-order valence-corrected chi connectivity index (χ4v) is 5.14. The van der Waals surface area contributed by atoms with Crippen molar-refractivity contribution in [1.29, 1.82) is 0 Å². The molecule has 9 heteroatoms. The van der Waals surface area contributed by atoms with Gasteiger partial charge in [0.05, 0.1) is 19.6 Å². The van der Waals surface area contributed by atoms with Gasteiger partial charge >= 0.3 is 6.18 Å². The Hall–Kier alpha value is -1.87. The van der Waals surface area contributed by atoms with Crippen molar-refractivity contribution in [2.24, 2.45) is 11.8 Å². The predicted octanol–water partition coefficient (Wildman–Crippen LogP) is 2.12. The first-order valence-electron chi connectivity index (χ1n) is 11.1. The molecule has 0 bridgehead atoms. The average Bonchev–Trinajstić information content (AvgIpc) is 3.21. The van der Waals surface area contributed by atoms with Crippen LogP contribution >= 0.6 is 0 Å². The number of nitrogens with one attached hydrogen (secondary N) is 1. The van der Waals surface area contributed by atoms with E-state index in [4.69, 9.17) is 9.57 Å². The zero-order valence-electron chi connectivity index (χ0n) is 18.1. The molecule has 1 saturated carbocycles. The normalized spacial score (nSPS) is 29.0. The number of hydrogen-bond donors (Lipinski definition) is 1. The van der Waals surface area contributed by atoms with Crippen LogP contribution in [0.25, 0.3) is 0 Å². The molecule has 0 radical (unpaired) electrons. The van der Waals surface area contributed by atoms with Crippen molar-refractivity contribution in [3.8, 4) is 0 Å². The van der Waals surface area contributed by atoms with Crippen LogP contribution in [0.3, 0.4) is 0 Å². The van der Waals surface area contributed by atoms with Crippen LogP contribution in [0.2, 0.25) is 0 Å². The van der Waals surface area contributed by atoms with Crippen LogP contribution in [0.4, 0.5) is 13.2 Å². The minimum Gasteiger partial charge on any atom is -0.381 e. The molecule has 2 fully saturated rings. The van der Waals surface area contributed by atoms with Gasteiger partial charge in [-0.05, 0) is 37.7 Å². The maximum Gasteiger partial charge on any atom is 0.422 e. The van der Waals surface area contributed by atoms with Crippen molar-refractivity contribution >= 4 is 5.91 Å². The number of carbonyl (C=O) groups is 1. The molecule has 1 aliphatic carbocycles. The number of halogens is 3. The summed E-state index contributed by atoms with van der Waals surface area (Å²) in [7, 11) is 1.35. The zero-order valence-corrected chi connectivity index (χ0v) is 18.1. The van der Waals surface area contributed by atoms with E-state index < -0.39 is 11.7 Å². The van der Waals surface area contributed by atoms with Crippen LogP contribution in [0.5, 0.6) is 0 Å². The highest BCUT2D eigenvalue weighted by molar-refractivity contribution is 5.79. The van der Waals surface area contributed by atoms with Crippen molar-refractivity contribution in [3.05, 3.63) is 29.1 Å². The molecule has 2 aliphatic heterocycles. The monoisotopic (exact) mass is 442 g/mol. The van der Waals surface area contributed by atoms with Gasteiger partial charge in [-0.25, -0.2) is 0 Å². The Kier molecular flexibility index (Phi) is 6.44. The highest BCUT2D eigenvalue weighted by atomic mass is 19.4. The molecule has 4 atom stereocenters. The summed E-state index contributed by atoms with van der Waals surface area (Å²) < 4.78 is 46.5. The summed E-state index contributed by atoms with van der Waals surface area (Å²) in [5, 5.41) is 3.71. The van der Waals surface area contributed by atoms with Gasteiger partial charge in [0.1, 0.15) is 12.7 Å². The molecule has 6 nitrogen and oxygen atoms in total. The molecule has 172 valence electrons. The molecule has 4 rings (SSSR count). The Morgan fingerprint density at radius 3 is 2.84 bits per heavy atom. The van der Waals surface area contributed by atoms with Crippen molar-refractivity contribution in [2.45, 2.75) is 63.8 Å². The molecule has 2 unspecified atom stereocenters. The number of amides is 1. The molecule has 0 spiro atoms. The lowest BCUT2D eigenvalue weighted by Gasteiger charge is -2.32. The first-order chi connectivity index (χ1) is 14.8. The SMILES string of the molecule is CO[n+]1cc(C(F)(F)F)cc2c1CCN(C(=O)[C@H]1CC[C@@H](NC3CCOCC3C)C1)C2. The van der Waals surface area contributed by atoms with Crippen molar-refractivity contribution in [3.63, 3.8) is 0 Å². The number of aromatic nitrogens is 1. The summed E-state index contributed by atoms with van der Waals surface area (Å²) >= 11 is 0. The van der Waals surface area contributed by atoms with Crippen LogP contribution in [0, 0.1) is 11.8 Å². The zero-order chi connectivity index (χ0) is 22.2. The number of rotatable bonds is 4. The van der Waals surface area contributed by atoms with Gasteiger partial charge in [-0.1, -0.05) is 6.92 Å². The molecule has 3 heterocycles. The Bertz CT molecular complexity index is 817. The minimum atomic E-state index is -4.47. The number of carbonyl (C=O) groups excluding carboxylic acids is 1. The van der Waals surface area contributed by atoms with E-state index in [2.05, 4.69) is 12.2 Å². The maximum absolute atomic E-state index is 13.3. The van der Waals surface area contributed by atoms with Gasteiger partial charge in [-0.15, -0.1) is 0 Å². The summed E-state index contributed by atoms with van der Waals surface area (Å²) in [6.07, 6.45) is 0.521. The third-order valence-electron chi connectivity index (χ3n) is 6.91.